The Labute approximate surface area is 121 Å². The lowest BCUT2D eigenvalue weighted by Crippen LogP contribution is -2.17. The maximum absolute atomic E-state index is 12.3. The Kier molecular flexibility index (Phi) is 4.22. The summed E-state index contributed by atoms with van der Waals surface area (Å²) in [5.74, 6) is -0.462. The lowest BCUT2D eigenvalue weighted by atomic mass is 10.2. The molecule has 2 rings (SSSR count). The van der Waals surface area contributed by atoms with Gasteiger partial charge < -0.3 is 15.2 Å². The van der Waals surface area contributed by atoms with Gasteiger partial charge in [0.25, 0.3) is 5.91 Å². The number of hydrogen-bond donors (Lipinski definition) is 1. The summed E-state index contributed by atoms with van der Waals surface area (Å²) < 4.78 is 10.8. The first-order chi connectivity index (χ1) is 10.1. The zero-order valence-corrected chi connectivity index (χ0v) is 11.7. The van der Waals surface area contributed by atoms with Crippen LogP contribution >= 0.6 is 0 Å². The van der Waals surface area contributed by atoms with Crippen LogP contribution in [0.1, 0.15) is 27.6 Å². The van der Waals surface area contributed by atoms with E-state index in [0.29, 0.717) is 11.3 Å². The van der Waals surface area contributed by atoms with E-state index >= 15 is 0 Å². The van der Waals surface area contributed by atoms with Crippen molar-refractivity contribution in [3.8, 4) is 5.75 Å². The molecule has 1 aromatic heterocycles. The highest BCUT2D eigenvalue weighted by Crippen LogP contribution is 2.16. The van der Waals surface area contributed by atoms with E-state index in [9.17, 15) is 9.59 Å². The van der Waals surface area contributed by atoms with Crippen molar-refractivity contribution in [1.82, 2.24) is 9.78 Å². The van der Waals surface area contributed by atoms with E-state index in [4.69, 9.17) is 15.2 Å². The van der Waals surface area contributed by atoms with Crippen molar-refractivity contribution in [3.05, 3.63) is 41.6 Å². The number of carbonyl (C=O) groups is 2. The molecule has 7 nitrogen and oxygen atoms in total. The summed E-state index contributed by atoms with van der Waals surface area (Å²) in [6, 6.07) is 6.48. The molecule has 0 amide bonds. The number of rotatable bonds is 4. The number of aromatic nitrogens is 2. The van der Waals surface area contributed by atoms with Crippen LogP contribution < -0.4 is 10.5 Å². The number of nitrogen functional groups attached to an aromatic ring is 1. The predicted molar refractivity (Wildman–Crippen MR) is 75.3 cm³/mol. The molecule has 0 radical (unpaired) electrons. The van der Waals surface area contributed by atoms with Crippen molar-refractivity contribution in [1.29, 1.82) is 0 Å². The highest BCUT2D eigenvalue weighted by Gasteiger charge is 2.20. The second kappa shape index (κ2) is 6.08. The third kappa shape index (κ3) is 2.86. The van der Waals surface area contributed by atoms with E-state index in [-0.39, 0.29) is 18.0 Å². The maximum atomic E-state index is 12.3. The predicted octanol–water partition coefficient (Wildman–Crippen LogP) is 1.34. The standard InChI is InChI=1S/C14H15N3O4/c1-3-21-14(19)11-8-16-17(12(11)15)13(18)9-4-6-10(20-2)7-5-9/h4-8H,3,15H2,1-2H3. The van der Waals surface area contributed by atoms with Gasteiger partial charge in [-0.15, -0.1) is 0 Å². The van der Waals surface area contributed by atoms with Gasteiger partial charge in [-0.1, -0.05) is 0 Å². The molecular weight excluding hydrogens is 274 g/mol. The Hall–Kier alpha value is -2.83. The molecule has 0 aliphatic heterocycles. The van der Waals surface area contributed by atoms with Crippen LogP contribution in [-0.4, -0.2) is 35.4 Å². The number of carbonyl (C=O) groups excluding carboxylic acids is 2. The van der Waals surface area contributed by atoms with Crippen LogP contribution in [0.2, 0.25) is 0 Å². The molecule has 2 N–H and O–H groups in total. The Morgan fingerprint density at radius 3 is 2.52 bits per heavy atom. The number of ether oxygens (including phenoxy) is 2. The van der Waals surface area contributed by atoms with Gasteiger partial charge in [-0.05, 0) is 31.2 Å². The van der Waals surface area contributed by atoms with Gasteiger partial charge in [0.05, 0.1) is 19.9 Å². The number of hydrogen-bond acceptors (Lipinski definition) is 6. The van der Waals surface area contributed by atoms with Gasteiger partial charge in [0.2, 0.25) is 0 Å². The van der Waals surface area contributed by atoms with Gasteiger partial charge in [0.1, 0.15) is 17.1 Å². The first-order valence-corrected chi connectivity index (χ1v) is 6.27. The summed E-state index contributed by atoms with van der Waals surface area (Å²) in [6.07, 6.45) is 1.22. The molecule has 7 heteroatoms. The highest BCUT2D eigenvalue weighted by atomic mass is 16.5. The SMILES string of the molecule is CCOC(=O)c1cnn(C(=O)c2ccc(OC)cc2)c1N. The quantitative estimate of drug-likeness (QED) is 0.853. The summed E-state index contributed by atoms with van der Waals surface area (Å²) >= 11 is 0. The number of benzene rings is 1. The van der Waals surface area contributed by atoms with E-state index in [1.54, 1.807) is 31.2 Å². The van der Waals surface area contributed by atoms with Gasteiger partial charge in [-0.2, -0.15) is 9.78 Å². The largest absolute Gasteiger partial charge is 0.497 e. The molecule has 0 spiro atoms. The molecule has 0 atom stereocenters. The minimum absolute atomic E-state index is 0.0470. The van der Waals surface area contributed by atoms with Crippen LogP contribution in [0.15, 0.2) is 30.5 Å². The summed E-state index contributed by atoms with van der Waals surface area (Å²) in [4.78, 5) is 23.9. The second-order valence-corrected chi connectivity index (χ2v) is 4.11. The van der Waals surface area contributed by atoms with Crippen LogP contribution in [0.3, 0.4) is 0 Å². The number of methoxy groups -OCH3 is 1. The van der Waals surface area contributed by atoms with Crippen LogP contribution in [0, 0.1) is 0 Å². The first-order valence-electron chi connectivity index (χ1n) is 6.27. The Bertz CT molecular complexity index is 661. The van der Waals surface area contributed by atoms with E-state index in [0.717, 1.165) is 4.68 Å². The molecule has 0 aliphatic carbocycles. The van der Waals surface area contributed by atoms with Gasteiger partial charge >= 0.3 is 5.97 Å². The van der Waals surface area contributed by atoms with Crippen LogP contribution in [0.5, 0.6) is 5.75 Å². The molecule has 0 fully saturated rings. The number of nitrogens with zero attached hydrogens (tertiary/aromatic N) is 2. The normalized spacial score (nSPS) is 10.2. The molecule has 2 aromatic rings. The molecule has 0 saturated heterocycles. The molecule has 21 heavy (non-hydrogen) atoms. The number of nitrogens with two attached hydrogens (primary N) is 1. The molecule has 0 aliphatic rings. The number of anilines is 1. The van der Waals surface area contributed by atoms with E-state index in [2.05, 4.69) is 5.10 Å². The summed E-state index contributed by atoms with van der Waals surface area (Å²) in [7, 11) is 1.54. The maximum Gasteiger partial charge on any atom is 0.343 e. The Balaban J connectivity index is 2.29. The molecular formula is C14H15N3O4. The first kappa shape index (κ1) is 14.6. The van der Waals surface area contributed by atoms with Gasteiger partial charge in [0, 0.05) is 5.56 Å². The van der Waals surface area contributed by atoms with Crippen molar-refractivity contribution >= 4 is 17.7 Å². The van der Waals surface area contributed by atoms with Crippen molar-refractivity contribution in [2.24, 2.45) is 0 Å². The Morgan fingerprint density at radius 1 is 1.29 bits per heavy atom. The fraction of sp³-hybridized carbons (Fsp3) is 0.214. The van der Waals surface area contributed by atoms with Gasteiger partial charge in [-0.3, -0.25) is 4.79 Å². The Morgan fingerprint density at radius 2 is 1.95 bits per heavy atom. The molecule has 110 valence electrons. The minimum Gasteiger partial charge on any atom is -0.497 e. The fourth-order valence-electron chi connectivity index (χ4n) is 1.74. The van der Waals surface area contributed by atoms with Gasteiger partial charge in [-0.25, -0.2) is 4.79 Å². The molecule has 1 aromatic carbocycles. The molecule has 1 heterocycles. The minimum atomic E-state index is -0.608. The van der Waals surface area contributed by atoms with E-state index < -0.39 is 11.9 Å². The highest BCUT2D eigenvalue weighted by molar-refractivity contribution is 6.01. The van der Waals surface area contributed by atoms with E-state index in [1.165, 1.54) is 13.3 Å². The zero-order chi connectivity index (χ0) is 15.4. The van der Waals surface area contributed by atoms with Gasteiger partial charge in [0.15, 0.2) is 0 Å². The fourth-order valence-corrected chi connectivity index (χ4v) is 1.74. The topological polar surface area (TPSA) is 96.4 Å². The summed E-state index contributed by atoms with van der Waals surface area (Å²) in [6.45, 7) is 1.90. The average molecular weight is 289 g/mol. The van der Waals surface area contributed by atoms with Crippen LogP contribution in [0.25, 0.3) is 0 Å². The van der Waals surface area contributed by atoms with Crippen molar-refractivity contribution in [2.45, 2.75) is 6.92 Å². The zero-order valence-electron chi connectivity index (χ0n) is 11.7. The van der Waals surface area contributed by atoms with Crippen molar-refractivity contribution in [2.75, 3.05) is 19.5 Å². The lowest BCUT2D eigenvalue weighted by Gasteiger charge is -2.05. The van der Waals surface area contributed by atoms with Crippen molar-refractivity contribution in [3.63, 3.8) is 0 Å². The lowest BCUT2D eigenvalue weighted by molar-refractivity contribution is 0.0527. The third-order valence-corrected chi connectivity index (χ3v) is 2.83. The smallest absolute Gasteiger partial charge is 0.343 e. The van der Waals surface area contributed by atoms with E-state index in [1.807, 2.05) is 0 Å². The average Bonchev–Trinajstić information content (AvgIpc) is 2.88. The molecule has 0 bridgehead atoms. The summed E-state index contributed by atoms with van der Waals surface area (Å²) in [5.41, 5.74) is 6.23. The number of esters is 1. The van der Waals surface area contributed by atoms with Crippen molar-refractivity contribution < 1.29 is 19.1 Å². The third-order valence-electron chi connectivity index (χ3n) is 2.83. The summed E-state index contributed by atoms with van der Waals surface area (Å²) in [5, 5.41) is 3.85. The van der Waals surface area contributed by atoms with Crippen LogP contribution in [-0.2, 0) is 4.74 Å². The molecule has 0 unspecified atom stereocenters. The monoisotopic (exact) mass is 289 g/mol. The molecule has 0 saturated carbocycles. The van der Waals surface area contributed by atoms with Crippen LogP contribution in [0.4, 0.5) is 5.82 Å². The second-order valence-electron chi connectivity index (χ2n) is 4.11.